The first-order chi connectivity index (χ1) is 8.41. The molecule has 0 aliphatic heterocycles. The van der Waals surface area contributed by atoms with Crippen LogP contribution in [-0.2, 0) is 11.3 Å². The molecule has 0 aromatic heterocycles. The van der Waals surface area contributed by atoms with E-state index < -0.39 is 18.4 Å². The Hall–Kier alpha value is -1.49. The molecule has 0 aliphatic rings. The fourth-order valence-corrected chi connectivity index (χ4v) is 1.67. The van der Waals surface area contributed by atoms with Crippen molar-refractivity contribution in [3.63, 3.8) is 0 Å². The van der Waals surface area contributed by atoms with Crippen LogP contribution in [0.3, 0.4) is 0 Å². The Kier molecular flexibility index (Phi) is 5.22. The van der Waals surface area contributed by atoms with Gasteiger partial charge in [-0.05, 0) is 11.5 Å². The summed E-state index contributed by atoms with van der Waals surface area (Å²) in [6.07, 6.45) is -2.46. The van der Waals surface area contributed by atoms with Crippen LogP contribution in [0.15, 0.2) is 24.3 Å². The number of benzene rings is 1. The Bertz CT molecular complexity index is 390. The topological polar surface area (TPSA) is 55.1 Å². The van der Waals surface area contributed by atoms with E-state index in [1.165, 1.54) is 12.1 Å². The first-order valence-electron chi connectivity index (χ1n) is 5.81. The number of carbonyl (C=O) groups excluding carboxylic acids is 1. The van der Waals surface area contributed by atoms with Crippen LogP contribution in [-0.4, -0.2) is 11.9 Å². The van der Waals surface area contributed by atoms with Crippen LogP contribution in [0.25, 0.3) is 0 Å². The Labute approximate surface area is 105 Å². The van der Waals surface area contributed by atoms with Crippen molar-refractivity contribution in [2.24, 2.45) is 11.7 Å². The molecule has 0 fully saturated rings. The minimum Gasteiger partial charge on any atom is -0.368 e. The van der Waals surface area contributed by atoms with E-state index in [4.69, 9.17) is 5.73 Å². The van der Waals surface area contributed by atoms with Gasteiger partial charge in [-0.15, -0.1) is 0 Å². The van der Waals surface area contributed by atoms with Crippen molar-refractivity contribution in [1.29, 1.82) is 0 Å². The van der Waals surface area contributed by atoms with Crippen LogP contribution in [0, 0.1) is 5.92 Å². The molecule has 1 amide bonds. The number of hydrogen-bond acceptors (Lipinski definition) is 2. The lowest BCUT2D eigenvalue weighted by atomic mass is 10.0. The molecule has 0 spiro atoms. The Balaban J connectivity index is 2.60. The van der Waals surface area contributed by atoms with E-state index in [0.717, 1.165) is 5.56 Å². The monoisotopic (exact) mass is 256 g/mol. The van der Waals surface area contributed by atoms with Gasteiger partial charge < -0.3 is 11.1 Å². The van der Waals surface area contributed by atoms with Crippen LogP contribution in [0.5, 0.6) is 0 Å². The summed E-state index contributed by atoms with van der Waals surface area (Å²) < 4.78 is 24.7. The first-order valence-corrected chi connectivity index (χ1v) is 5.81. The third-order valence-electron chi connectivity index (χ3n) is 2.73. The van der Waals surface area contributed by atoms with Gasteiger partial charge in [0.2, 0.25) is 5.91 Å². The number of carbonyl (C=O) groups is 1. The molecule has 0 saturated heterocycles. The lowest BCUT2D eigenvalue weighted by Gasteiger charge is -2.19. The Morgan fingerprint density at radius 1 is 1.28 bits per heavy atom. The average molecular weight is 256 g/mol. The molecule has 1 atom stereocenters. The quantitative estimate of drug-likeness (QED) is 0.820. The number of alkyl halides is 2. The highest BCUT2D eigenvalue weighted by Gasteiger charge is 2.18. The zero-order valence-corrected chi connectivity index (χ0v) is 10.5. The van der Waals surface area contributed by atoms with Crippen molar-refractivity contribution >= 4 is 5.91 Å². The molecular formula is C13H18F2N2O. The number of rotatable bonds is 6. The molecule has 5 heteroatoms. The summed E-state index contributed by atoms with van der Waals surface area (Å²) >= 11 is 0. The Morgan fingerprint density at radius 2 is 1.83 bits per heavy atom. The summed E-state index contributed by atoms with van der Waals surface area (Å²) in [5, 5.41) is 3.02. The van der Waals surface area contributed by atoms with Crippen molar-refractivity contribution in [2.45, 2.75) is 32.9 Å². The molecule has 3 N–H and O–H groups in total. The maximum Gasteiger partial charge on any atom is 0.263 e. The predicted octanol–water partition coefficient (Wildman–Crippen LogP) is 2.22. The summed E-state index contributed by atoms with van der Waals surface area (Å²) in [4.78, 5) is 11.2. The lowest BCUT2D eigenvalue weighted by Crippen LogP contribution is -2.44. The van der Waals surface area contributed by atoms with Crippen LogP contribution >= 0.6 is 0 Å². The molecule has 1 unspecified atom stereocenters. The molecule has 1 rings (SSSR count). The van der Waals surface area contributed by atoms with Crippen molar-refractivity contribution < 1.29 is 13.6 Å². The largest absolute Gasteiger partial charge is 0.368 e. The fourth-order valence-electron chi connectivity index (χ4n) is 1.67. The van der Waals surface area contributed by atoms with Gasteiger partial charge in [0, 0.05) is 12.1 Å². The highest BCUT2D eigenvalue weighted by molar-refractivity contribution is 5.80. The van der Waals surface area contributed by atoms with E-state index in [1.807, 2.05) is 13.8 Å². The molecule has 100 valence electrons. The zero-order chi connectivity index (χ0) is 13.7. The van der Waals surface area contributed by atoms with Gasteiger partial charge in [-0.3, -0.25) is 4.79 Å². The summed E-state index contributed by atoms with van der Waals surface area (Å²) in [7, 11) is 0. The van der Waals surface area contributed by atoms with E-state index in [1.54, 1.807) is 12.1 Å². The summed E-state index contributed by atoms with van der Waals surface area (Å²) in [5.74, 6) is -0.322. The second kappa shape index (κ2) is 6.44. The second-order valence-electron chi connectivity index (χ2n) is 4.55. The third kappa shape index (κ3) is 4.07. The van der Waals surface area contributed by atoms with Crippen molar-refractivity contribution in [3.05, 3.63) is 35.4 Å². The van der Waals surface area contributed by atoms with Crippen molar-refractivity contribution in [1.82, 2.24) is 5.32 Å². The minimum atomic E-state index is -2.46. The predicted molar refractivity (Wildman–Crippen MR) is 66.1 cm³/mol. The number of nitrogens with one attached hydrogen (secondary N) is 1. The summed E-state index contributed by atoms with van der Waals surface area (Å²) in [6, 6.07) is 5.59. The average Bonchev–Trinajstić information content (AvgIpc) is 2.28. The van der Waals surface area contributed by atoms with Gasteiger partial charge in [-0.1, -0.05) is 38.1 Å². The van der Waals surface area contributed by atoms with E-state index in [9.17, 15) is 13.6 Å². The molecule has 18 heavy (non-hydrogen) atoms. The van der Waals surface area contributed by atoms with Gasteiger partial charge in [0.1, 0.15) is 0 Å². The second-order valence-corrected chi connectivity index (χ2v) is 4.55. The number of nitrogens with two attached hydrogens (primary N) is 1. The van der Waals surface area contributed by atoms with Crippen LogP contribution in [0.1, 0.15) is 31.4 Å². The van der Waals surface area contributed by atoms with Crippen molar-refractivity contribution in [2.75, 3.05) is 0 Å². The maximum absolute atomic E-state index is 12.3. The number of primary amides is 1. The lowest BCUT2D eigenvalue weighted by molar-refractivity contribution is -0.121. The highest BCUT2D eigenvalue weighted by Crippen LogP contribution is 2.18. The molecule has 1 aromatic carbocycles. The minimum absolute atomic E-state index is 0.00550. The fraction of sp³-hybridized carbons (Fsp3) is 0.462. The maximum atomic E-state index is 12.3. The van der Waals surface area contributed by atoms with Crippen LogP contribution < -0.4 is 11.1 Å². The molecule has 3 nitrogen and oxygen atoms in total. The van der Waals surface area contributed by atoms with E-state index in [2.05, 4.69) is 5.32 Å². The standard InChI is InChI=1S/C13H18F2N2O/c1-8(2)11(13(16)18)17-7-9-3-5-10(6-4-9)12(14)15/h3-6,8,11-12,17H,7H2,1-2H3,(H2,16,18). The van der Waals surface area contributed by atoms with Crippen LogP contribution in [0.4, 0.5) is 8.78 Å². The number of hydrogen-bond donors (Lipinski definition) is 2. The SMILES string of the molecule is CC(C)C(NCc1ccc(C(F)F)cc1)C(N)=O. The summed E-state index contributed by atoms with van der Waals surface area (Å²) in [5.41, 5.74) is 6.10. The van der Waals surface area contributed by atoms with Gasteiger partial charge in [-0.25, -0.2) is 8.78 Å². The van der Waals surface area contributed by atoms with E-state index in [-0.39, 0.29) is 11.5 Å². The molecule has 0 bridgehead atoms. The summed E-state index contributed by atoms with van der Waals surface area (Å²) in [6.45, 7) is 4.21. The smallest absolute Gasteiger partial charge is 0.263 e. The molecular weight excluding hydrogens is 238 g/mol. The van der Waals surface area contributed by atoms with Crippen molar-refractivity contribution in [3.8, 4) is 0 Å². The van der Waals surface area contributed by atoms with Gasteiger partial charge >= 0.3 is 0 Å². The molecule has 0 radical (unpaired) electrons. The number of amides is 1. The van der Waals surface area contributed by atoms with Gasteiger partial charge in [0.15, 0.2) is 0 Å². The zero-order valence-electron chi connectivity index (χ0n) is 10.5. The highest BCUT2D eigenvalue weighted by atomic mass is 19.3. The number of halogens is 2. The Morgan fingerprint density at radius 3 is 2.22 bits per heavy atom. The van der Waals surface area contributed by atoms with E-state index in [0.29, 0.717) is 6.54 Å². The van der Waals surface area contributed by atoms with Gasteiger partial charge in [0.25, 0.3) is 6.43 Å². The normalized spacial score (nSPS) is 13.0. The molecule has 0 saturated carbocycles. The third-order valence-corrected chi connectivity index (χ3v) is 2.73. The van der Waals surface area contributed by atoms with Crippen LogP contribution in [0.2, 0.25) is 0 Å². The van der Waals surface area contributed by atoms with Gasteiger partial charge in [0.05, 0.1) is 6.04 Å². The molecule has 0 aliphatic carbocycles. The van der Waals surface area contributed by atoms with Gasteiger partial charge in [-0.2, -0.15) is 0 Å². The molecule has 0 heterocycles. The van der Waals surface area contributed by atoms with E-state index >= 15 is 0 Å². The molecule has 1 aromatic rings. The first kappa shape index (κ1) is 14.6.